The van der Waals surface area contributed by atoms with Crippen LogP contribution in [0.1, 0.15) is 31.3 Å². The van der Waals surface area contributed by atoms with Crippen molar-refractivity contribution in [3.05, 3.63) is 36.3 Å². The summed E-state index contributed by atoms with van der Waals surface area (Å²) >= 11 is 0. The molecule has 0 saturated carbocycles. The zero-order valence-corrected chi connectivity index (χ0v) is 13.1. The molecule has 1 aromatic carbocycles. The topological polar surface area (TPSA) is 127 Å². The first-order valence-electron chi connectivity index (χ1n) is 6.89. The molecule has 0 unspecified atom stereocenters. The van der Waals surface area contributed by atoms with Gasteiger partial charge in [0.25, 0.3) is 5.91 Å². The molecule has 2 rings (SSSR count). The highest BCUT2D eigenvalue weighted by Gasteiger charge is 2.27. The van der Waals surface area contributed by atoms with Gasteiger partial charge < -0.3 is 16.6 Å². The summed E-state index contributed by atoms with van der Waals surface area (Å²) in [6.45, 7) is 5.42. The molecule has 8 nitrogen and oxygen atoms in total. The standard InChI is InChI=1S/C15H19N5O3/c1-15(2,3)20(14(22)23)10-6-4-9(5-7-10)19-8-18-11(12(19)16)13(17)21/h4-8H,16H2,1-3H3,(H2,17,21)(H,22,23). The average molecular weight is 317 g/mol. The number of anilines is 2. The Morgan fingerprint density at radius 2 is 1.78 bits per heavy atom. The Labute approximate surface area is 133 Å². The van der Waals surface area contributed by atoms with Gasteiger partial charge in [0.05, 0.1) is 0 Å². The van der Waals surface area contributed by atoms with Crippen molar-refractivity contribution in [1.82, 2.24) is 9.55 Å². The van der Waals surface area contributed by atoms with Crippen molar-refractivity contribution in [1.29, 1.82) is 0 Å². The van der Waals surface area contributed by atoms with Crippen LogP contribution >= 0.6 is 0 Å². The van der Waals surface area contributed by atoms with E-state index in [0.29, 0.717) is 11.4 Å². The van der Waals surface area contributed by atoms with Crippen molar-refractivity contribution in [2.24, 2.45) is 5.73 Å². The first kappa shape index (κ1) is 16.3. The number of nitrogens with two attached hydrogens (primary N) is 2. The van der Waals surface area contributed by atoms with Gasteiger partial charge in [0.2, 0.25) is 0 Å². The second kappa shape index (κ2) is 5.64. The summed E-state index contributed by atoms with van der Waals surface area (Å²) < 4.78 is 1.51. The third kappa shape index (κ3) is 3.10. The Morgan fingerprint density at radius 3 is 2.17 bits per heavy atom. The summed E-state index contributed by atoms with van der Waals surface area (Å²) in [5.41, 5.74) is 11.6. The molecule has 8 heteroatoms. The second-order valence-electron chi connectivity index (χ2n) is 6.02. The minimum atomic E-state index is -1.04. The Balaban J connectivity index is 2.40. The molecular formula is C15H19N5O3. The Bertz CT molecular complexity index is 743. The number of hydrogen-bond donors (Lipinski definition) is 3. The molecule has 0 fully saturated rings. The molecule has 0 atom stereocenters. The number of nitrogen functional groups attached to an aromatic ring is 1. The molecule has 0 aliphatic carbocycles. The van der Waals surface area contributed by atoms with Gasteiger partial charge in [-0.15, -0.1) is 0 Å². The highest BCUT2D eigenvalue weighted by Crippen LogP contribution is 2.26. The summed E-state index contributed by atoms with van der Waals surface area (Å²) in [6.07, 6.45) is 0.354. The maximum absolute atomic E-state index is 11.5. The number of imidazole rings is 1. The van der Waals surface area contributed by atoms with Crippen LogP contribution in [-0.2, 0) is 0 Å². The fourth-order valence-electron chi connectivity index (χ4n) is 2.30. The van der Waals surface area contributed by atoms with Crippen molar-refractivity contribution >= 4 is 23.5 Å². The van der Waals surface area contributed by atoms with E-state index in [2.05, 4.69) is 4.98 Å². The maximum atomic E-state index is 11.5. The van der Waals surface area contributed by atoms with E-state index in [1.807, 2.05) is 20.8 Å². The molecule has 1 heterocycles. The van der Waals surface area contributed by atoms with Crippen molar-refractivity contribution in [2.45, 2.75) is 26.3 Å². The molecule has 2 amide bonds. The summed E-state index contributed by atoms with van der Waals surface area (Å²) in [5, 5.41) is 9.40. The van der Waals surface area contributed by atoms with Gasteiger partial charge in [-0.05, 0) is 45.0 Å². The van der Waals surface area contributed by atoms with Crippen LogP contribution in [0, 0.1) is 0 Å². The lowest BCUT2D eigenvalue weighted by molar-refractivity contribution is 0.0997. The van der Waals surface area contributed by atoms with E-state index in [1.54, 1.807) is 24.3 Å². The lowest BCUT2D eigenvalue weighted by Crippen LogP contribution is -2.45. The van der Waals surface area contributed by atoms with Gasteiger partial charge in [-0.25, -0.2) is 9.78 Å². The third-order valence-electron chi connectivity index (χ3n) is 3.29. The monoisotopic (exact) mass is 317 g/mol. The van der Waals surface area contributed by atoms with Crippen molar-refractivity contribution in [3.8, 4) is 5.69 Å². The number of hydrogen-bond acceptors (Lipinski definition) is 4. The number of primary amides is 1. The molecule has 5 N–H and O–H groups in total. The van der Waals surface area contributed by atoms with Crippen molar-refractivity contribution < 1.29 is 14.7 Å². The summed E-state index contributed by atoms with van der Waals surface area (Å²) in [7, 11) is 0. The molecule has 0 spiro atoms. The van der Waals surface area contributed by atoms with Crippen LogP contribution in [0.4, 0.5) is 16.3 Å². The quantitative estimate of drug-likeness (QED) is 0.795. The van der Waals surface area contributed by atoms with Crippen LogP contribution in [0.15, 0.2) is 30.6 Å². The summed E-state index contributed by atoms with van der Waals surface area (Å²) in [6, 6.07) is 6.72. The zero-order chi connectivity index (χ0) is 17.4. The molecule has 122 valence electrons. The van der Waals surface area contributed by atoms with Crippen LogP contribution in [0.3, 0.4) is 0 Å². The van der Waals surface area contributed by atoms with Gasteiger partial charge in [0.15, 0.2) is 5.69 Å². The highest BCUT2D eigenvalue weighted by molar-refractivity contribution is 5.95. The van der Waals surface area contributed by atoms with Crippen molar-refractivity contribution in [2.75, 3.05) is 10.6 Å². The first-order valence-corrected chi connectivity index (χ1v) is 6.89. The molecule has 0 bridgehead atoms. The lowest BCUT2D eigenvalue weighted by atomic mass is 10.1. The molecule has 1 aromatic heterocycles. The van der Waals surface area contributed by atoms with Crippen molar-refractivity contribution in [3.63, 3.8) is 0 Å². The van der Waals surface area contributed by atoms with E-state index >= 15 is 0 Å². The van der Waals surface area contributed by atoms with E-state index in [9.17, 15) is 14.7 Å². The number of amides is 2. The zero-order valence-electron chi connectivity index (χ0n) is 13.1. The van der Waals surface area contributed by atoms with Gasteiger partial charge in [0.1, 0.15) is 12.1 Å². The molecule has 0 aliphatic rings. The van der Waals surface area contributed by atoms with Crippen LogP contribution in [0.25, 0.3) is 5.69 Å². The Hall–Kier alpha value is -3.03. The van der Waals surface area contributed by atoms with E-state index in [-0.39, 0.29) is 11.5 Å². The van der Waals surface area contributed by atoms with Gasteiger partial charge in [-0.2, -0.15) is 0 Å². The third-order valence-corrected chi connectivity index (χ3v) is 3.29. The number of benzene rings is 1. The molecule has 23 heavy (non-hydrogen) atoms. The maximum Gasteiger partial charge on any atom is 0.412 e. The Kier molecular flexibility index (Phi) is 4.00. The summed E-state index contributed by atoms with van der Waals surface area (Å²) in [4.78, 5) is 27.8. The fourth-order valence-corrected chi connectivity index (χ4v) is 2.30. The Morgan fingerprint density at radius 1 is 1.22 bits per heavy atom. The minimum absolute atomic E-state index is 0.00377. The minimum Gasteiger partial charge on any atom is -0.465 e. The smallest absolute Gasteiger partial charge is 0.412 e. The first-order chi connectivity index (χ1) is 10.6. The fraction of sp³-hybridized carbons (Fsp3) is 0.267. The van der Waals surface area contributed by atoms with Crippen LogP contribution in [0.2, 0.25) is 0 Å². The van der Waals surface area contributed by atoms with Crippen LogP contribution < -0.4 is 16.4 Å². The molecule has 0 aliphatic heterocycles. The molecule has 0 radical (unpaired) electrons. The predicted molar refractivity (Wildman–Crippen MR) is 86.8 cm³/mol. The lowest BCUT2D eigenvalue weighted by Gasteiger charge is -2.33. The van der Waals surface area contributed by atoms with E-state index in [1.165, 1.54) is 15.8 Å². The summed E-state index contributed by atoms with van der Waals surface area (Å²) in [5.74, 6) is -0.571. The average Bonchev–Trinajstić information content (AvgIpc) is 2.79. The van der Waals surface area contributed by atoms with Gasteiger partial charge in [-0.3, -0.25) is 14.3 Å². The number of nitrogens with zero attached hydrogens (tertiary/aromatic N) is 3. The number of rotatable bonds is 3. The number of aromatic nitrogens is 2. The normalized spacial score (nSPS) is 11.3. The van der Waals surface area contributed by atoms with Crippen LogP contribution in [0.5, 0.6) is 0 Å². The largest absolute Gasteiger partial charge is 0.465 e. The van der Waals surface area contributed by atoms with E-state index in [4.69, 9.17) is 11.5 Å². The van der Waals surface area contributed by atoms with Gasteiger partial charge in [-0.1, -0.05) is 0 Å². The molecular weight excluding hydrogens is 298 g/mol. The number of carbonyl (C=O) groups excluding carboxylic acids is 1. The SMILES string of the molecule is CC(C)(C)N(C(=O)O)c1ccc(-n2cnc(C(N)=O)c2N)cc1. The molecule has 2 aromatic rings. The molecule has 0 saturated heterocycles. The highest BCUT2D eigenvalue weighted by atomic mass is 16.4. The van der Waals surface area contributed by atoms with E-state index < -0.39 is 17.5 Å². The predicted octanol–water partition coefficient (Wildman–Crippen LogP) is 1.84. The van der Waals surface area contributed by atoms with Gasteiger partial charge in [0, 0.05) is 16.9 Å². The van der Waals surface area contributed by atoms with Gasteiger partial charge >= 0.3 is 6.09 Å². The number of carbonyl (C=O) groups is 2. The van der Waals surface area contributed by atoms with Crippen LogP contribution in [-0.4, -0.2) is 32.2 Å². The number of carboxylic acid groups (broad SMARTS) is 1. The second-order valence-corrected chi connectivity index (χ2v) is 6.02. The van der Waals surface area contributed by atoms with E-state index in [0.717, 1.165) is 0 Å².